The first-order chi connectivity index (χ1) is 15.1. The SMILES string of the molecule is O=C1NCCN(C(=O)CCc2cccc(Cl)c2)[C@@H]1Cc1ccccc1-c1cccnc1. The van der Waals surface area contributed by atoms with E-state index in [0.29, 0.717) is 37.4 Å². The van der Waals surface area contributed by atoms with E-state index in [2.05, 4.69) is 10.3 Å². The molecule has 1 aromatic heterocycles. The third-order valence-corrected chi connectivity index (χ3v) is 5.81. The molecule has 1 atom stereocenters. The summed E-state index contributed by atoms with van der Waals surface area (Å²) in [4.78, 5) is 31.7. The zero-order valence-corrected chi connectivity index (χ0v) is 17.9. The summed E-state index contributed by atoms with van der Waals surface area (Å²) in [6.07, 6.45) is 4.94. The molecule has 31 heavy (non-hydrogen) atoms. The normalized spacial score (nSPS) is 16.1. The number of halogens is 1. The molecule has 0 aliphatic carbocycles. The molecular weight excluding hydrogens is 410 g/mol. The van der Waals surface area contributed by atoms with E-state index in [-0.39, 0.29) is 11.8 Å². The summed E-state index contributed by atoms with van der Waals surface area (Å²) in [5.74, 6) is -0.123. The van der Waals surface area contributed by atoms with Gasteiger partial charge in [-0.1, -0.05) is 54.1 Å². The first-order valence-electron chi connectivity index (χ1n) is 10.4. The Labute approximate surface area is 187 Å². The number of carbonyl (C=O) groups is 2. The number of piperazine rings is 1. The third kappa shape index (κ3) is 5.12. The van der Waals surface area contributed by atoms with Gasteiger partial charge in [0.25, 0.3) is 0 Å². The van der Waals surface area contributed by atoms with Gasteiger partial charge in [0.05, 0.1) is 0 Å². The molecule has 2 heterocycles. The minimum Gasteiger partial charge on any atom is -0.353 e. The lowest BCUT2D eigenvalue weighted by atomic mass is 9.94. The molecule has 0 saturated carbocycles. The lowest BCUT2D eigenvalue weighted by Crippen LogP contribution is -2.58. The number of nitrogens with zero attached hydrogens (tertiary/aromatic N) is 2. The molecule has 0 radical (unpaired) electrons. The summed E-state index contributed by atoms with van der Waals surface area (Å²) in [6, 6.07) is 18.9. The van der Waals surface area contributed by atoms with Crippen LogP contribution < -0.4 is 5.32 Å². The van der Waals surface area contributed by atoms with Crippen LogP contribution in [0.1, 0.15) is 17.5 Å². The molecule has 1 fully saturated rings. The molecule has 1 N–H and O–H groups in total. The van der Waals surface area contributed by atoms with E-state index < -0.39 is 6.04 Å². The van der Waals surface area contributed by atoms with Gasteiger partial charge >= 0.3 is 0 Å². The Kier molecular flexibility index (Phi) is 6.63. The van der Waals surface area contributed by atoms with Crippen molar-refractivity contribution in [2.24, 2.45) is 0 Å². The number of pyridine rings is 1. The summed E-state index contributed by atoms with van der Waals surface area (Å²) < 4.78 is 0. The Bertz CT molecular complexity index is 1070. The molecule has 0 unspecified atom stereocenters. The van der Waals surface area contributed by atoms with Gasteiger partial charge in [-0.3, -0.25) is 14.6 Å². The Morgan fingerprint density at radius 3 is 2.81 bits per heavy atom. The minimum atomic E-state index is -0.529. The number of hydrogen-bond acceptors (Lipinski definition) is 3. The van der Waals surface area contributed by atoms with Crippen molar-refractivity contribution in [3.05, 3.63) is 89.2 Å². The van der Waals surface area contributed by atoms with E-state index in [0.717, 1.165) is 22.3 Å². The third-order valence-electron chi connectivity index (χ3n) is 5.57. The predicted octanol–water partition coefficient (Wildman–Crippen LogP) is 3.90. The molecule has 2 amide bonds. The summed E-state index contributed by atoms with van der Waals surface area (Å²) in [7, 11) is 0. The second-order valence-electron chi connectivity index (χ2n) is 7.63. The largest absolute Gasteiger partial charge is 0.353 e. The van der Waals surface area contributed by atoms with Crippen LogP contribution in [-0.4, -0.2) is 40.8 Å². The van der Waals surface area contributed by atoms with Gasteiger partial charge in [0.2, 0.25) is 11.8 Å². The van der Waals surface area contributed by atoms with Crippen LogP contribution in [0.5, 0.6) is 0 Å². The molecular formula is C25H24ClN3O2. The van der Waals surface area contributed by atoms with E-state index in [1.165, 1.54) is 0 Å². The second-order valence-corrected chi connectivity index (χ2v) is 8.06. The number of nitrogens with one attached hydrogen (secondary N) is 1. The van der Waals surface area contributed by atoms with Gasteiger partial charge in [-0.15, -0.1) is 0 Å². The molecule has 5 nitrogen and oxygen atoms in total. The molecule has 1 aliphatic rings. The van der Waals surface area contributed by atoms with Crippen molar-refractivity contribution in [2.45, 2.75) is 25.3 Å². The fourth-order valence-corrected chi connectivity index (χ4v) is 4.23. The van der Waals surface area contributed by atoms with Crippen LogP contribution >= 0.6 is 11.6 Å². The molecule has 3 aromatic rings. The quantitative estimate of drug-likeness (QED) is 0.641. The summed E-state index contributed by atoms with van der Waals surface area (Å²) in [6.45, 7) is 0.988. The lowest BCUT2D eigenvalue weighted by Gasteiger charge is -2.35. The first-order valence-corrected chi connectivity index (χ1v) is 10.8. The van der Waals surface area contributed by atoms with E-state index in [4.69, 9.17) is 11.6 Å². The van der Waals surface area contributed by atoms with Gasteiger partial charge in [0.15, 0.2) is 0 Å². The Hall–Kier alpha value is -3.18. The second kappa shape index (κ2) is 9.75. The maximum atomic E-state index is 13.1. The van der Waals surface area contributed by atoms with Gasteiger partial charge < -0.3 is 10.2 Å². The van der Waals surface area contributed by atoms with Crippen LogP contribution in [0.4, 0.5) is 0 Å². The maximum absolute atomic E-state index is 13.1. The highest BCUT2D eigenvalue weighted by Gasteiger charge is 2.33. The van der Waals surface area contributed by atoms with Gasteiger partial charge in [0, 0.05) is 48.9 Å². The molecule has 6 heteroatoms. The fourth-order valence-electron chi connectivity index (χ4n) is 4.01. The summed E-state index contributed by atoms with van der Waals surface area (Å²) in [5, 5.41) is 3.57. The zero-order chi connectivity index (χ0) is 21.6. The number of rotatable bonds is 6. The van der Waals surface area contributed by atoms with Crippen molar-refractivity contribution in [3.8, 4) is 11.1 Å². The Balaban J connectivity index is 1.52. The van der Waals surface area contributed by atoms with Crippen LogP contribution in [-0.2, 0) is 22.4 Å². The van der Waals surface area contributed by atoms with Crippen LogP contribution in [0.3, 0.4) is 0 Å². The number of aryl methyl sites for hydroxylation is 1. The average Bonchev–Trinajstić information content (AvgIpc) is 2.80. The van der Waals surface area contributed by atoms with E-state index >= 15 is 0 Å². The lowest BCUT2D eigenvalue weighted by molar-refractivity contribution is -0.143. The van der Waals surface area contributed by atoms with Crippen molar-refractivity contribution < 1.29 is 9.59 Å². The molecule has 1 saturated heterocycles. The highest BCUT2D eigenvalue weighted by molar-refractivity contribution is 6.30. The molecule has 1 aliphatic heterocycles. The number of aromatic nitrogens is 1. The summed E-state index contributed by atoms with van der Waals surface area (Å²) >= 11 is 6.05. The Morgan fingerprint density at radius 2 is 2.00 bits per heavy atom. The maximum Gasteiger partial charge on any atom is 0.243 e. The first kappa shape index (κ1) is 21.1. The highest BCUT2D eigenvalue weighted by atomic mass is 35.5. The van der Waals surface area contributed by atoms with Crippen LogP contribution in [0, 0.1) is 0 Å². The smallest absolute Gasteiger partial charge is 0.243 e. The topological polar surface area (TPSA) is 62.3 Å². The van der Waals surface area contributed by atoms with Crippen molar-refractivity contribution in [3.63, 3.8) is 0 Å². The van der Waals surface area contributed by atoms with Crippen molar-refractivity contribution in [2.75, 3.05) is 13.1 Å². The molecule has 0 bridgehead atoms. The van der Waals surface area contributed by atoms with Crippen molar-refractivity contribution in [1.29, 1.82) is 0 Å². The van der Waals surface area contributed by atoms with Crippen LogP contribution in [0.2, 0.25) is 5.02 Å². The monoisotopic (exact) mass is 433 g/mol. The van der Waals surface area contributed by atoms with E-state index in [1.807, 2.05) is 66.9 Å². The van der Waals surface area contributed by atoms with Gasteiger partial charge in [-0.05, 0) is 41.3 Å². The predicted molar refractivity (Wildman–Crippen MR) is 122 cm³/mol. The number of carbonyl (C=O) groups excluding carboxylic acids is 2. The highest BCUT2D eigenvalue weighted by Crippen LogP contribution is 2.25. The Morgan fingerprint density at radius 1 is 1.13 bits per heavy atom. The number of amides is 2. The molecule has 2 aromatic carbocycles. The van der Waals surface area contributed by atoms with Crippen molar-refractivity contribution in [1.82, 2.24) is 15.2 Å². The van der Waals surface area contributed by atoms with E-state index in [1.54, 1.807) is 11.1 Å². The van der Waals surface area contributed by atoms with Gasteiger partial charge in [0.1, 0.15) is 6.04 Å². The molecule has 158 valence electrons. The minimum absolute atomic E-state index is 0.0151. The molecule has 0 spiro atoms. The van der Waals surface area contributed by atoms with Gasteiger partial charge in [-0.25, -0.2) is 0 Å². The number of benzene rings is 2. The van der Waals surface area contributed by atoms with Crippen LogP contribution in [0.15, 0.2) is 73.1 Å². The molecule has 4 rings (SSSR count). The zero-order valence-electron chi connectivity index (χ0n) is 17.1. The fraction of sp³-hybridized carbons (Fsp3) is 0.240. The standard InChI is InChI=1S/C25H24ClN3O2/c26-21-8-3-5-18(15-21)10-11-24(30)29-14-13-28-25(31)23(29)16-19-6-1-2-9-22(19)20-7-4-12-27-17-20/h1-9,12,15,17,23H,10-11,13-14,16H2,(H,28,31)/t23-/m1/s1. The van der Waals surface area contributed by atoms with Gasteiger partial charge in [-0.2, -0.15) is 0 Å². The summed E-state index contributed by atoms with van der Waals surface area (Å²) in [5.41, 5.74) is 4.06. The average molecular weight is 434 g/mol. The van der Waals surface area contributed by atoms with Crippen LogP contribution in [0.25, 0.3) is 11.1 Å². The van der Waals surface area contributed by atoms with E-state index in [9.17, 15) is 9.59 Å². The number of hydrogen-bond donors (Lipinski definition) is 1. The van der Waals surface area contributed by atoms with Crippen molar-refractivity contribution >= 4 is 23.4 Å².